The first-order valence-electron chi connectivity index (χ1n) is 6.13. The summed E-state index contributed by atoms with van der Waals surface area (Å²) in [5.41, 5.74) is 0.265. The van der Waals surface area contributed by atoms with Gasteiger partial charge in [-0.1, -0.05) is 0 Å². The molecule has 2 rings (SSSR count). The second-order valence-corrected chi connectivity index (χ2v) is 4.71. The highest BCUT2D eigenvalue weighted by atomic mass is 19.4. The lowest BCUT2D eigenvalue weighted by molar-refractivity contribution is -0.137. The van der Waals surface area contributed by atoms with Gasteiger partial charge in [0.05, 0.1) is 5.56 Å². The minimum Gasteiger partial charge on any atom is -0.372 e. The van der Waals surface area contributed by atoms with E-state index in [-0.39, 0.29) is 0 Å². The van der Waals surface area contributed by atoms with Crippen LogP contribution < -0.4 is 4.90 Å². The van der Waals surface area contributed by atoms with E-state index in [0.29, 0.717) is 12.3 Å². The molecule has 98 valence electrons. The van der Waals surface area contributed by atoms with Crippen molar-refractivity contribution in [2.45, 2.75) is 25.4 Å². The third-order valence-electron chi connectivity index (χ3n) is 3.51. The van der Waals surface area contributed by atoms with E-state index in [2.05, 4.69) is 4.90 Å². The molecule has 0 atom stereocenters. The zero-order valence-electron chi connectivity index (χ0n) is 10.1. The Morgan fingerprint density at radius 2 is 1.67 bits per heavy atom. The molecule has 0 saturated carbocycles. The van der Waals surface area contributed by atoms with Gasteiger partial charge in [0.2, 0.25) is 0 Å². The number of piperidine rings is 1. The van der Waals surface area contributed by atoms with E-state index < -0.39 is 11.7 Å². The lowest BCUT2D eigenvalue weighted by Gasteiger charge is -2.33. The van der Waals surface area contributed by atoms with Crippen molar-refractivity contribution in [3.8, 4) is 0 Å². The lowest BCUT2D eigenvalue weighted by atomic mass is 9.94. The molecule has 0 spiro atoms. The predicted molar refractivity (Wildman–Crippen MR) is 65.3 cm³/mol. The number of benzene rings is 1. The molecular formula is C14H16F3N. The first-order chi connectivity index (χ1) is 8.50. The molecule has 2 radical (unpaired) electrons. The zero-order chi connectivity index (χ0) is 13.2. The average molecular weight is 255 g/mol. The summed E-state index contributed by atoms with van der Waals surface area (Å²) in [6.45, 7) is 7.35. The number of nitrogens with zero attached hydrogens (tertiary/aromatic N) is 1. The predicted octanol–water partition coefficient (Wildman–Crippen LogP) is 4.02. The summed E-state index contributed by atoms with van der Waals surface area (Å²) in [5.74, 6) is 0.552. The highest BCUT2D eigenvalue weighted by Gasteiger charge is 2.30. The Labute approximate surface area is 106 Å². The highest BCUT2D eigenvalue weighted by molar-refractivity contribution is 5.48. The zero-order valence-corrected chi connectivity index (χ0v) is 10.1. The number of hydrogen-bond acceptors (Lipinski definition) is 1. The summed E-state index contributed by atoms with van der Waals surface area (Å²) >= 11 is 0. The number of alkyl halides is 3. The molecule has 1 saturated heterocycles. The second kappa shape index (κ2) is 5.21. The maximum atomic E-state index is 12.4. The van der Waals surface area contributed by atoms with Crippen LogP contribution in [0.15, 0.2) is 24.3 Å². The van der Waals surface area contributed by atoms with Crippen molar-refractivity contribution in [2.24, 2.45) is 5.92 Å². The number of anilines is 1. The molecule has 0 amide bonds. The normalized spacial score (nSPS) is 18.1. The summed E-state index contributed by atoms with van der Waals surface area (Å²) in [6.07, 6.45) is -1.54. The van der Waals surface area contributed by atoms with Crippen molar-refractivity contribution in [1.82, 2.24) is 0 Å². The number of halogens is 3. The molecule has 1 aromatic carbocycles. The SMILES string of the molecule is [CH]CC1CCN(c2ccc(C(F)(F)F)cc2)CC1. The molecule has 1 fully saturated rings. The van der Waals surface area contributed by atoms with E-state index in [0.717, 1.165) is 43.8 Å². The molecule has 0 N–H and O–H groups in total. The molecule has 18 heavy (non-hydrogen) atoms. The maximum absolute atomic E-state index is 12.4. The quantitative estimate of drug-likeness (QED) is 0.771. The molecule has 1 heterocycles. The van der Waals surface area contributed by atoms with E-state index >= 15 is 0 Å². The van der Waals surface area contributed by atoms with Crippen LogP contribution in [0, 0.1) is 12.8 Å². The Hall–Kier alpha value is -1.19. The molecule has 4 heteroatoms. The molecule has 0 aliphatic carbocycles. The van der Waals surface area contributed by atoms with E-state index in [9.17, 15) is 13.2 Å². The average Bonchev–Trinajstić information content (AvgIpc) is 2.38. The fourth-order valence-electron chi connectivity index (χ4n) is 2.29. The molecule has 0 bridgehead atoms. The van der Waals surface area contributed by atoms with Crippen molar-refractivity contribution in [2.75, 3.05) is 18.0 Å². The fourth-order valence-corrected chi connectivity index (χ4v) is 2.29. The topological polar surface area (TPSA) is 3.24 Å². The summed E-state index contributed by atoms with van der Waals surface area (Å²) in [7, 11) is 0. The van der Waals surface area contributed by atoms with E-state index in [1.807, 2.05) is 0 Å². The third-order valence-corrected chi connectivity index (χ3v) is 3.51. The van der Waals surface area contributed by atoms with Crippen LogP contribution in [0.3, 0.4) is 0 Å². The Kier molecular flexibility index (Phi) is 3.83. The van der Waals surface area contributed by atoms with Gasteiger partial charge in [0, 0.05) is 18.8 Å². The summed E-state index contributed by atoms with van der Waals surface area (Å²) in [4.78, 5) is 2.12. The number of hydrogen-bond donors (Lipinski definition) is 0. The molecular weight excluding hydrogens is 239 g/mol. The van der Waals surface area contributed by atoms with Gasteiger partial charge in [-0.05, 0) is 56.4 Å². The molecule has 0 unspecified atom stereocenters. The summed E-state index contributed by atoms with van der Waals surface area (Å²) in [6, 6.07) is 5.38. The maximum Gasteiger partial charge on any atom is 0.416 e. The monoisotopic (exact) mass is 255 g/mol. The Balaban J connectivity index is 2.02. The Bertz CT molecular complexity index is 375. The van der Waals surface area contributed by atoms with Gasteiger partial charge in [-0.3, -0.25) is 0 Å². The van der Waals surface area contributed by atoms with Crippen molar-refractivity contribution < 1.29 is 13.2 Å². The van der Waals surface area contributed by atoms with Crippen LogP contribution in [0.4, 0.5) is 18.9 Å². The largest absolute Gasteiger partial charge is 0.416 e. The standard InChI is InChI=1S/C14H16F3N/c1-2-11-7-9-18(10-8-11)13-5-3-12(4-6-13)14(15,16)17/h1,3-6,11H,2,7-10H2. The fraction of sp³-hybridized carbons (Fsp3) is 0.500. The Morgan fingerprint density at radius 3 is 2.11 bits per heavy atom. The molecule has 1 aliphatic heterocycles. The molecule has 0 aromatic heterocycles. The first-order valence-corrected chi connectivity index (χ1v) is 6.13. The van der Waals surface area contributed by atoms with Crippen molar-refractivity contribution in [3.63, 3.8) is 0 Å². The van der Waals surface area contributed by atoms with Crippen molar-refractivity contribution >= 4 is 5.69 Å². The van der Waals surface area contributed by atoms with Crippen molar-refractivity contribution in [1.29, 1.82) is 0 Å². The van der Waals surface area contributed by atoms with Gasteiger partial charge in [0.1, 0.15) is 0 Å². The van der Waals surface area contributed by atoms with Crippen LogP contribution in [-0.2, 0) is 6.18 Å². The van der Waals surface area contributed by atoms with Gasteiger partial charge >= 0.3 is 6.18 Å². The minimum absolute atomic E-state index is 0.552. The van der Waals surface area contributed by atoms with Crippen LogP contribution >= 0.6 is 0 Å². The smallest absolute Gasteiger partial charge is 0.372 e. The molecule has 1 aromatic rings. The van der Waals surface area contributed by atoms with E-state index in [1.165, 1.54) is 0 Å². The third kappa shape index (κ3) is 2.98. The second-order valence-electron chi connectivity index (χ2n) is 4.71. The van der Waals surface area contributed by atoms with Crippen molar-refractivity contribution in [3.05, 3.63) is 36.8 Å². The van der Waals surface area contributed by atoms with Crippen LogP contribution in [0.25, 0.3) is 0 Å². The van der Waals surface area contributed by atoms with Crippen LogP contribution in [0.2, 0.25) is 0 Å². The van der Waals surface area contributed by atoms with Crippen LogP contribution in [0.1, 0.15) is 24.8 Å². The minimum atomic E-state index is -4.26. The van der Waals surface area contributed by atoms with E-state index in [4.69, 9.17) is 6.92 Å². The van der Waals surface area contributed by atoms with Gasteiger partial charge in [-0.2, -0.15) is 13.2 Å². The van der Waals surface area contributed by atoms with Gasteiger partial charge in [0.25, 0.3) is 0 Å². The van der Waals surface area contributed by atoms with Crippen LogP contribution in [0.5, 0.6) is 0 Å². The van der Waals surface area contributed by atoms with Gasteiger partial charge in [-0.25, -0.2) is 0 Å². The summed E-state index contributed by atoms with van der Waals surface area (Å²) < 4.78 is 37.3. The van der Waals surface area contributed by atoms with Gasteiger partial charge in [-0.15, -0.1) is 0 Å². The summed E-state index contributed by atoms with van der Waals surface area (Å²) in [5, 5.41) is 0. The van der Waals surface area contributed by atoms with Gasteiger partial charge in [0.15, 0.2) is 0 Å². The highest BCUT2D eigenvalue weighted by Crippen LogP contribution is 2.31. The first kappa shape index (κ1) is 13.2. The number of rotatable bonds is 2. The molecule has 1 aliphatic rings. The Morgan fingerprint density at radius 1 is 1.11 bits per heavy atom. The lowest BCUT2D eigenvalue weighted by Crippen LogP contribution is -2.33. The van der Waals surface area contributed by atoms with E-state index in [1.54, 1.807) is 12.1 Å². The molecule has 1 nitrogen and oxygen atoms in total. The van der Waals surface area contributed by atoms with Crippen LogP contribution in [-0.4, -0.2) is 13.1 Å². The van der Waals surface area contributed by atoms with Gasteiger partial charge < -0.3 is 4.90 Å².